The smallest absolute Gasteiger partial charge is 0.411 e. The van der Waals surface area contributed by atoms with Gasteiger partial charge in [0, 0.05) is 23.5 Å². The number of nitrogens with zero attached hydrogens (tertiary/aromatic N) is 1. The second kappa shape index (κ2) is 12.1. The van der Waals surface area contributed by atoms with E-state index in [0.29, 0.717) is 22.6 Å². The molecule has 0 saturated heterocycles. The summed E-state index contributed by atoms with van der Waals surface area (Å²) in [5.41, 5.74) is 1.13. The maximum atomic E-state index is 15.5. The molecule has 2 aromatic carbocycles. The molecule has 0 radical (unpaired) electrons. The van der Waals surface area contributed by atoms with Crippen LogP contribution in [0.15, 0.2) is 36.4 Å². The molecule has 0 spiro atoms. The molecule has 3 aromatic rings. The van der Waals surface area contributed by atoms with Crippen LogP contribution in [0.1, 0.15) is 42.9 Å². The van der Waals surface area contributed by atoms with Crippen LogP contribution in [0.5, 0.6) is 0 Å². The van der Waals surface area contributed by atoms with Crippen molar-refractivity contribution in [3.63, 3.8) is 0 Å². The third-order valence-corrected chi connectivity index (χ3v) is 8.47. The number of amides is 3. The van der Waals surface area contributed by atoms with E-state index in [4.69, 9.17) is 4.74 Å². The summed E-state index contributed by atoms with van der Waals surface area (Å²) in [5, 5.41) is 5.89. The summed E-state index contributed by atoms with van der Waals surface area (Å²) in [5.74, 6) is -1.99. The number of hydrogen-bond acceptors (Lipinski definition) is 8. The highest BCUT2D eigenvalue weighted by molar-refractivity contribution is 7.91. The Morgan fingerprint density at radius 2 is 1.87 bits per heavy atom. The maximum absolute atomic E-state index is 15.5. The number of unbranched alkanes of at least 4 members (excludes halogenated alkanes) is 1. The Hall–Kier alpha value is -3.58. The number of carbonyl (C=O) groups is 3. The molecule has 39 heavy (non-hydrogen) atoms. The number of hydrogen-bond donors (Lipinski definition) is 3. The van der Waals surface area contributed by atoms with Gasteiger partial charge in [0.2, 0.25) is 11.8 Å². The zero-order chi connectivity index (χ0) is 28.2. The number of rotatable bonds is 11. The number of sulfone groups is 1. The van der Waals surface area contributed by atoms with Crippen LogP contribution in [0.25, 0.3) is 21.3 Å². The predicted molar refractivity (Wildman–Crippen MR) is 147 cm³/mol. The number of fused-ring (bicyclic) bond motifs is 1. The summed E-state index contributed by atoms with van der Waals surface area (Å²) in [4.78, 5) is 40.8. The summed E-state index contributed by atoms with van der Waals surface area (Å²) >= 11 is 0.898. The van der Waals surface area contributed by atoms with Crippen LogP contribution in [0, 0.1) is 5.82 Å². The van der Waals surface area contributed by atoms with Gasteiger partial charge < -0.3 is 15.4 Å². The predicted octanol–water partition coefficient (Wildman–Crippen LogP) is 3.93. The molecule has 1 saturated carbocycles. The van der Waals surface area contributed by atoms with Gasteiger partial charge in [-0.1, -0.05) is 25.5 Å². The third kappa shape index (κ3) is 7.30. The normalized spacial score (nSPS) is 14.0. The van der Waals surface area contributed by atoms with E-state index in [0.717, 1.165) is 43.3 Å². The molecule has 1 heterocycles. The van der Waals surface area contributed by atoms with Crippen molar-refractivity contribution in [2.45, 2.75) is 43.9 Å². The van der Waals surface area contributed by atoms with Gasteiger partial charge in [-0.2, -0.15) is 0 Å². The molecule has 1 aliphatic rings. The molecule has 0 bridgehead atoms. The average Bonchev–Trinajstić information content (AvgIpc) is 3.58. The van der Waals surface area contributed by atoms with E-state index in [1.807, 2.05) is 6.92 Å². The highest BCUT2D eigenvalue weighted by atomic mass is 32.2. The van der Waals surface area contributed by atoms with Crippen LogP contribution < -0.4 is 16.0 Å². The van der Waals surface area contributed by atoms with E-state index in [-0.39, 0.29) is 28.7 Å². The van der Waals surface area contributed by atoms with Crippen molar-refractivity contribution in [1.29, 1.82) is 0 Å². The number of anilines is 1. The summed E-state index contributed by atoms with van der Waals surface area (Å²) in [7, 11) is -3.98. The lowest BCUT2D eigenvalue weighted by Crippen LogP contribution is -2.41. The van der Waals surface area contributed by atoms with Gasteiger partial charge in [0.05, 0.1) is 17.9 Å². The molecule has 1 aliphatic carbocycles. The molecular formula is C26H29FN4O6S2. The van der Waals surface area contributed by atoms with Crippen molar-refractivity contribution in [3.8, 4) is 11.1 Å². The SMILES string of the molecule is CCCCOC(=O)Nc1ccc(-c2ccc3sc(C(C(=O)NCC(=O)NC4CC4)S(C)(=O)=O)nc3c2F)cc1. The minimum atomic E-state index is -3.98. The van der Waals surface area contributed by atoms with Crippen LogP contribution in [0.4, 0.5) is 14.9 Å². The van der Waals surface area contributed by atoms with Crippen LogP contribution in [-0.4, -0.2) is 56.8 Å². The largest absolute Gasteiger partial charge is 0.449 e. The van der Waals surface area contributed by atoms with Crippen molar-refractivity contribution in [2.24, 2.45) is 0 Å². The Kier molecular flexibility index (Phi) is 8.80. The van der Waals surface area contributed by atoms with Gasteiger partial charge >= 0.3 is 6.09 Å². The van der Waals surface area contributed by atoms with E-state index >= 15 is 4.39 Å². The number of carbonyl (C=O) groups excluding carboxylic acids is 3. The molecule has 4 rings (SSSR count). The molecule has 3 amide bonds. The first-order valence-electron chi connectivity index (χ1n) is 12.5. The zero-order valence-electron chi connectivity index (χ0n) is 21.5. The Balaban J connectivity index is 1.52. The Morgan fingerprint density at radius 3 is 2.51 bits per heavy atom. The fourth-order valence-electron chi connectivity index (χ4n) is 3.77. The average molecular weight is 577 g/mol. The fraction of sp³-hybridized carbons (Fsp3) is 0.385. The maximum Gasteiger partial charge on any atom is 0.411 e. The fourth-order valence-corrected chi connectivity index (χ4v) is 6.27. The zero-order valence-corrected chi connectivity index (χ0v) is 23.1. The van der Waals surface area contributed by atoms with Crippen LogP contribution in [0.3, 0.4) is 0 Å². The van der Waals surface area contributed by atoms with Crippen molar-refractivity contribution < 1.29 is 31.9 Å². The minimum absolute atomic E-state index is 0.0675. The van der Waals surface area contributed by atoms with E-state index < -0.39 is 38.8 Å². The van der Waals surface area contributed by atoms with Gasteiger partial charge in [-0.3, -0.25) is 14.9 Å². The van der Waals surface area contributed by atoms with Gasteiger partial charge in [-0.05, 0) is 49.1 Å². The first kappa shape index (κ1) is 28.4. The number of ether oxygens (including phenoxy) is 1. The minimum Gasteiger partial charge on any atom is -0.449 e. The van der Waals surface area contributed by atoms with Gasteiger partial charge in [0.25, 0.3) is 0 Å². The van der Waals surface area contributed by atoms with Crippen LogP contribution in [-0.2, 0) is 24.2 Å². The molecule has 3 N–H and O–H groups in total. The summed E-state index contributed by atoms with van der Waals surface area (Å²) in [6.07, 6.45) is 3.73. The lowest BCUT2D eigenvalue weighted by atomic mass is 10.0. The molecule has 1 unspecified atom stereocenters. The summed E-state index contributed by atoms with van der Waals surface area (Å²) in [6, 6.07) is 9.70. The molecule has 208 valence electrons. The van der Waals surface area contributed by atoms with Crippen molar-refractivity contribution in [3.05, 3.63) is 47.2 Å². The van der Waals surface area contributed by atoms with Crippen LogP contribution in [0.2, 0.25) is 0 Å². The van der Waals surface area contributed by atoms with Gasteiger partial charge in [-0.15, -0.1) is 11.3 Å². The lowest BCUT2D eigenvalue weighted by molar-refractivity contribution is -0.126. The van der Waals surface area contributed by atoms with Gasteiger partial charge in [0.1, 0.15) is 10.5 Å². The van der Waals surface area contributed by atoms with Gasteiger partial charge in [-0.25, -0.2) is 22.6 Å². The van der Waals surface area contributed by atoms with E-state index in [9.17, 15) is 22.8 Å². The molecule has 0 aliphatic heterocycles. The molecule has 1 atom stereocenters. The van der Waals surface area contributed by atoms with Gasteiger partial charge in [0.15, 0.2) is 20.9 Å². The highest BCUT2D eigenvalue weighted by Crippen LogP contribution is 2.36. The molecule has 1 fully saturated rings. The van der Waals surface area contributed by atoms with E-state index in [1.54, 1.807) is 36.4 Å². The monoisotopic (exact) mass is 576 g/mol. The number of aromatic nitrogens is 1. The third-order valence-electron chi connectivity index (χ3n) is 5.95. The number of thiazole rings is 1. The lowest BCUT2D eigenvalue weighted by Gasteiger charge is -2.12. The number of halogens is 1. The first-order valence-corrected chi connectivity index (χ1v) is 15.2. The molecular weight excluding hydrogens is 547 g/mol. The van der Waals surface area contributed by atoms with Crippen molar-refractivity contribution >= 4 is 55.0 Å². The Labute approximate surface area is 229 Å². The first-order chi connectivity index (χ1) is 18.6. The Bertz CT molecular complexity index is 1490. The van der Waals surface area contributed by atoms with E-state index in [1.165, 1.54) is 0 Å². The van der Waals surface area contributed by atoms with Crippen molar-refractivity contribution in [2.75, 3.05) is 24.7 Å². The highest BCUT2D eigenvalue weighted by Gasteiger charge is 2.35. The second-order valence-electron chi connectivity index (χ2n) is 9.29. The molecule has 13 heteroatoms. The van der Waals surface area contributed by atoms with Crippen molar-refractivity contribution in [1.82, 2.24) is 15.6 Å². The quantitative estimate of drug-likeness (QED) is 0.294. The topological polar surface area (TPSA) is 144 Å². The standard InChI is InChI=1S/C26H29FN4O6S2/c1-3-4-13-37-26(34)30-17-7-5-15(6-8-17)18-11-12-19-22(21(18)27)31-25(38-19)23(39(2,35)36)24(33)28-14-20(32)29-16-9-10-16/h5-8,11-12,16,23H,3-4,9-10,13-14H2,1-2H3,(H,28,33)(H,29,32)(H,30,34). The number of benzene rings is 2. The van der Waals surface area contributed by atoms with E-state index in [2.05, 4.69) is 20.9 Å². The molecule has 1 aromatic heterocycles. The van der Waals surface area contributed by atoms with Crippen LogP contribution >= 0.6 is 11.3 Å². The Morgan fingerprint density at radius 1 is 1.15 bits per heavy atom. The summed E-state index contributed by atoms with van der Waals surface area (Å²) in [6.45, 7) is 1.94. The second-order valence-corrected chi connectivity index (χ2v) is 12.5. The number of nitrogens with one attached hydrogen (secondary N) is 3. The summed E-state index contributed by atoms with van der Waals surface area (Å²) < 4.78 is 46.0. The molecule has 10 nitrogen and oxygen atoms in total.